The van der Waals surface area contributed by atoms with Crippen LogP contribution in [0, 0.1) is 34.5 Å². The number of hydrogen-bond acceptors (Lipinski definition) is 3. The van der Waals surface area contributed by atoms with Gasteiger partial charge < -0.3 is 4.74 Å². The first-order valence-corrected chi connectivity index (χ1v) is 12.9. The van der Waals surface area contributed by atoms with Crippen LogP contribution in [0.15, 0.2) is 48.1 Å². The van der Waals surface area contributed by atoms with Crippen LogP contribution in [0.3, 0.4) is 0 Å². The number of carbonyl (C=O) groups excluding carboxylic acids is 2. The van der Waals surface area contributed by atoms with E-state index in [1.54, 1.807) is 0 Å². The predicted molar refractivity (Wildman–Crippen MR) is 131 cm³/mol. The average Bonchev–Trinajstić information content (AvgIpc) is 3.15. The molecule has 1 aromatic carbocycles. The van der Waals surface area contributed by atoms with Crippen molar-refractivity contribution in [2.24, 2.45) is 34.5 Å². The van der Waals surface area contributed by atoms with Crippen LogP contribution in [0.25, 0.3) is 6.08 Å². The molecule has 3 heteroatoms. The Balaban J connectivity index is 1.33. The second kappa shape index (κ2) is 8.56. The normalized spacial score (nSPS) is 39.8. The van der Waals surface area contributed by atoms with Gasteiger partial charge in [-0.15, -0.1) is 0 Å². The number of carbonyl (C=O) groups is 2. The Morgan fingerprint density at radius 3 is 2.55 bits per heavy atom. The maximum atomic E-state index is 13.3. The van der Waals surface area contributed by atoms with Crippen molar-refractivity contribution in [3.63, 3.8) is 0 Å². The first-order chi connectivity index (χ1) is 15.8. The quantitative estimate of drug-likeness (QED) is 0.291. The van der Waals surface area contributed by atoms with Crippen molar-refractivity contribution >= 4 is 17.8 Å². The minimum Gasteiger partial charge on any atom is -0.462 e. The van der Waals surface area contributed by atoms with Crippen molar-refractivity contribution in [2.45, 2.75) is 78.2 Å². The first kappa shape index (κ1) is 22.6. The molecule has 3 fully saturated rings. The molecule has 1 aromatic rings. The van der Waals surface area contributed by atoms with Crippen LogP contribution in [-0.2, 0) is 14.3 Å². The molecule has 0 aromatic heterocycles. The van der Waals surface area contributed by atoms with Crippen molar-refractivity contribution < 1.29 is 14.3 Å². The molecule has 0 heterocycles. The number of ether oxygens (including phenoxy) is 1. The summed E-state index contributed by atoms with van der Waals surface area (Å²) in [7, 11) is 0. The van der Waals surface area contributed by atoms with Gasteiger partial charge in [-0.05, 0) is 85.2 Å². The zero-order chi connectivity index (χ0) is 23.2. The van der Waals surface area contributed by atoms with Gasteiger partial charge in [0, 0.05) is 19.3 Å². The number of esters is 1. The van der Waals surface area contributed by atoms with Crippen LogP contribution in [-0.4, -0.2) is 17.9 Å². The lowest BCUT2D eigenvalue weighted by Crippen LogP contribution is -2.51. The number of allylic oxidation sites excluding steroid dienone is 2. The molecule has 4 aliphatic rings. The van der Waals surface area contributed by atoms with Crippen molar-refractivity contribution in [3.8, 4) is 0 Å². The highest BCUT2D eigenvalue weighted by Gasteiger charge is 2.59. The molecule has 0 spiro atoms. The molecule has 0 aliphatic heterocycles. The summed E-state index contributed by atoms with van der Waals surface area (Å²) in [6.45, 7) is 6.41. The van der Waals surface area contributed by atoms with Gasteiger partial charge in [-0.1, -0.05) is 61.9 Å². The Morgan fingerprint density at radius 2 is 1.79 bits per heavy atom. The van der Waals surface area contributed by atoms with Gasteiger partial charge in [-0.25, -0.2) is 0 Å². The van der Waals surface area contributed by atoms with E-state index in [1.165, 1.54) is 25.3 Å². The van der Waals surface area contributed by atoms with Gasteiger partial charge in [0.2, 0.25) is 0 Å². The summed E-state index contributed by atoms with van der Waals surface area (Å²) in [6.07, 6.45) is 15.1. The first-order valence-electron chi connectivity index (χ1n) is 12.9. The maximum absolute atomic E-state index is 13.3. The third-order valence-electron chi connectivity index (χ3n) is 9.97. The van der Waals surface area contributed by atoms with Crippen molar-refractivity contribution in [1.29, 1.82) is 0 Å². The molecule has 33 heavy (non-hydrogen) atoms. The zero-order valence-corrected chi connectivity index (χ0v) is 20.4. The smallest absolute Gasteiger partial charge is 0.302 e. The monoisotopic (exact) mass is 446 g/mol. The van der Waals surface area contributed by atoms with Crippen molar-refractivity contribution in [3.05, 3.63) is 53.6 Å². The van der Waals surface area contributed by atoms with Crippen LogP contribution in [0.4, 0.5) is 0 Å². The molecule has 4 aliphatic carbocycles. The molecule has 3 nitrogen and oxygen atoms in total. The van der Waals surface area contributed by atoms with Gasteiger partial charge in [-0.2, -0.15) is 0 Å². The number of benzene rings is 1. The average molecular weight is 447 g/mol. The van der Waals surface area contributed by atoms with E-state index in [4.69, 9.17) is 4.74 Å². The van der Waals surface area contributed by atoms with Crippen molar-refractivity contribution in [1.82, 2.24) is 0 Å². The summed E-state index contributed by atoms with van der Waals surface area (Å²) in [6, 6.07) is 10.1. The Kier molecular flexibility index (Phi) is 5.87. The molecule has 0 amide bonds. The van der Waals surface area contributed by atoms with Gasteiger partial charge in [0.25, 0.3) is 0 Å². The molecule has 0 N–H and O–H groups in total. The van der Waals surface area contributed by atoms with E-state index < -0.39 is 0 Å². The van der Waals surface area contributed by atoms with Crippen LogP contribution < -0.4 is 0 Å². The lowest BCUT2D eigenvalue weighted by atomic mass is 9.47. The van der Waals surface area contributed by atoms with E-state index in [0.717, 1.165) is 44.1 Å². The number of fused-ring (bicyclic) bond motifs is 5. The van der Waals surface area contributed by atoms with Gasteiger partial charge in [0.15, 0.2) is 5.78 Å². The highest BCUT2D eigenvalue weighted by atomic mass is 16.5. The fraction of sp³-hybridized carbons (Fsp3) is 0.600. The second-order valence-corrected chi connectivity index (χ2v) is 11.6. The molecule has 0 radical (unpaired) electrons. The van der Waals surface area contributed by atoms with Crippen LogP contribution in [0.1, 0.15) is 77.7 Å². The molecular weight excluding hydrogens is 408 g/mol. The highest BCUT2D eigenvalue weighted by Crippen LogP contribution is 2.66. The molecule has 176 valence electrons. The van der Waals surface area contributed by atoms with Crippen LogP contribution in [0.5, 0.6) is 0 Å². The third-order valence-corrected chi connectivity index (χ3v) is 9.97. The summed E-state index contributed by atoms with van der Waals surface area (Å²) in [5.74, 6) is 2.33. The fourth-order valence-corrected chi connectivity index (χ4v) is 8.29. The maximum Gasteiger partial charge on any atom is 0.302 e. The third kappa shape index (κ3) is 3.92. The van der Waals surface area contributed by atoms with E-state index in [9.17, 15) is 9.59 Å². The fourth-order valence-electron chi connectivity index (χ4n) is 8.29. The summed E-state index contributed by atoms with van der Waals surface area (Å²) < 4.78 is 5.58. The standard InChI is InChI=1S/C30H38O3/c1-20(31)33-23-15-17-29(2)22(19-23)10-11-24-25-12-13-27(30(25,3)18-16-26(24)29)28(32)14-9-21-7-5-4-6-8-21/h4-10,14,23-27H,11-13,15-19H2,1-3H3. The van der Waals surface area contributed by atoms with Gasteiger partial charge in [0.1, 0.15) is 6.10 Å². The summed E-state index contributed by atoms with van der Waals surface area (Å²) in [4.78, 5) is 24.8. The predicted octanol–water partition coefficient (Wildman–Crippen LogP) is 6.78. The van der Waals surface area contributed by atoms with E-state index in [2.05, 4.69) is 32.1 Å². The molecule has 0 bridgehead atoms. The topological polar surface area (TPSA) is 43.4 Å². The van der Waals surface area contributed by atoms with E-state index in [-0.39, 0.29) is 28.8 Å². The number of hydrogen-bond donors (Lipinski definition) is 0. The Hall–Kier alpha value is -2.16. The minimum absolute atomic E-state index is 0.0529. The zero-order valence-electron chi connectivity index (χ0n) is 20.4. The van der Waals surface area contributed by atoms with E-state index in [0.29, 0.717) is 23.5 Å². The van der Waals surface area contributed by atoms with Gasteiger partial charge >= 0.3 is 5.97 Å². The largest absolute Gasteiger partial charge is 0.462 e. The van der Waals surface area contributed by atoms with E-state index >= 15 is 0 Å². The highest BCUT2D eigenvalue weighted by molar-refractivity contribution is 5.96. The van der Waals surface area contributed by atoms with Gasteiger partial charge in [0.05, 0.1) is 0 Å². The Labute approximate surface area is 198 Å². The molecule has 0 saturated heterocycles. The Bertz CT molecular complexity index is 976. The van der Waals surface area contributed by atoms with Crippen LogP contribution in [0.2, 0.25) is 0 Å². The second-order valence-electron chi connectivity index (χ2n) is 11.6. The number of rotatable bonds is 4. The molecule has 5 rings (SSSR count). The summed E-state index contributed by atoms with van der Waals surface area (Å²) >= 11 is 0. The lowest BCUT2D eigenvalue weighted by molar-refractivity contribution is -0.149. The SMILES string of the molecule is CC(=O)OC1CCC2(C)C(=CCC3C2CCC2(C)C(C(=O)C=Cc4ccccc4)CCC32)C1. The van der Waals surface area contributed by atoms with E-state index in [1.807, 2.05) is 30.4 Å². The van der Waals surface area contributed by atoms with Crippen LogP contribution >= 0.6 is 0 Å². The molecule has 3 saturated carbocycles. The van der Waals surface area contributed by atoms with Crippen molar-refractivity contribution in [2.75, 3.05) is 0 Å². The lowest BCUT2D eigenvalue weighted by Gasteiger charge is -2.58. The number of ketones is 1. The Morgan fingerprint density at radius 1 is 1.00 bits per heavy atom. The molecular formula is C30H38O3. The summed E-state index contributed by atoms with van der Waals surface area (Å²) in [5.41, 5.74) is 2.98. The summed E-state index contributed by atoms with van der Waals surface area (Å²) in [5, 5.41) is 0. The van der Waals surface area contributed by atoms with Gasteiger partial charge in [-0.3, -0.25) is 9.59 Å². The molecule has 7 atom stereocenters. The molecule has 7 unspecified atom stereocenters. The minimum atomic E-state index is -0.158.